The molecule has 0 aliphatic carbocycles. The second-order valence-corrected chi connectivity index (χ2v) is 13.1. The maximum Gasteiger partial charge on any atom is 0.165 e. The predicted molar refractivity (Wildman–Crippen MR) is 209 cm³/mol. The predicted octanol–water partition coefficient (Wildman–Crippen LogP) is 12.0. The molecule has 0 saturated carbocycles. The largest absolute Gasteiger partial charge is 0.309 e. The van der Waals surface area contributed by atoms with Crippen molar-refractivity contribution in [3.05, 3.63) is 170 Å². The molecule has 50 heavy (non-hydrogen) atoms. The van der Waals surface area contributed by atoms with Crippen LogP contribution in [0.5, 0.6) is 0 Å². The quantitative estimate of drug-likeness (QED) is 0.184. The minimum Gasteiger partial charge on any atom is -0.309 e. The molecule has 0 atom stereocenters. The Kier molecular flexibility index (Phi) is 5.54. The van der Waals surface area contributed by atoms with Crippen molar-refractivity contribution in [2.45, 2.75) is 0 Å². The average Bonchev–Trinajstić information content (AvgIpc) is 3.78. The van der Waals surface area contributed by atoms with E-state index in [2.05, 4.69) is 83.4 Å². The normalized spacial score (nSPS) is 13.0. The van der Waals surface area contributed by atoms with Crippen LogP contribution in [0.4, 0.5) is 0 Å². The maximum absolute atomic E-state index is 8.84. The van der Waals surface area contributed by atoms with E-state index in [-0.39, 0.29) is 23.5 Å². The van der Waals surface area contributed by atoms with E-state index >= 15 is 0 Å². The van der Waals surface area contributed by atoms with Crippen LogP contribution in [-0.2, 0) is 0 Å². The van der Waals surface area contributed by atoms with Crippen LogP contribution >= 0.6 is 11.3 Å². The number of hydrogen-bond donors (Lipinski definition) is 0. The molecule has 0 bridgehead atoms. The molecular formula is C45H28N4S. The summed E-state index contributed by atoms with van der Waals surface area (Å²) < 4.78 is 47.1. The van der Waals surface area contributed by atoms with Crippen molar-refractivity contribution in [3.8, 4) is 51.0 Å². The third-order valence-corrected chi connectivity index (χ3v) is 10.4. The molecule has 0 radical (unpaired) electrons. The zero-order chi connectivity index (χ0) is 37.4. The van der Waals surface area contributed by atoms with Gasteiger partial charge in [-0.1, -0.05) is 145 Å². The van der Waals surface area contributed by atoms with Crippen LogP contribution in [0.15, 0.2) is 170 Å². The minimum absolute atomic E-state index is 0.00218. The molecule has 0 unspecified atom stereocenters. The molecule has 0 fully saturated rings. The standard InChI is InChI=1S/C45H28N4S/c1-4-15-29(16-5-1)33-23-14-24-36-37-27-32(49-39-25-12-10-21-34(39)35-22-11-13-26-40(35)49)28-38(42(37)50-41(33)36)45-47-43(30-17-6-2-7-18-30)46-44(48-45)31-19-8-3-9-20-31/h1-28H/i2D,6D,7D,17D,18D. The van der Waals surface area contributed by atoms with E-state index in [0.717, 1.165) is 64.4 Å². The highest BCUT2D eigenvalue weighted by Crippen LogP contribution is 2.45. The van der Waals surface area contributed by atoms with E-state index in [0.29, 0.717) is 17.2 Å². The van der Waals surface area contributed by atoms with Gasteiger partial charge in [-0.3, -0.25) is 0 Å². The first-order chi connectivity index (χ1) is 26.9. The summed E-state index contributed by atoms with van der Waals surface area (Å²) in [7, 11) is 0. The van der Waals surface area contributed by atoms with Crippen LogP contribution in [0.2, 0.25) is 0 Å². The van der Waals surface area contributed by atoms with Gasteiger partial charge in [0.25, 0.3) is 0 Å². The van der Waals surface area contributed by atoms with E-state index < -0.39 is 18.1 Å². The molecule has 0 aliphatic heterocycles. The Morgan fingerprint density at radius 1 is 0.440 bits per heavy atom. The number of nitrogens with zero attached hydrogens (tertiary/aromatic N) is 4. The van der Waals surface area contributed by atoms with E-state index in [9.17, 15) is 0 Å². The summed E-state index contributed by atoms with van der Waals surface area (Å²) in [6.45, 7) is 0. The van der Waals surface area contributed by atoms with Gasteiger partial charge in [0.1, 0.15) is 0 Å². The number of aromatic nitrogens is 4. The molecule has 10 aromatic rings. The van der Waals surface area contributed by atoms with Crippen molar-refractivity contribution < 1.29 is 6.85 Å². The van der Waals surface area contributed by atoms with Crippen LogP contribution in [0.3, 0.4) is 0 Å². The van der Waals surface area contributed by atoms with E-state index in [1.165, 1.54) is 0 Å². The highest BCUT2D eigenvalue weighted by Gasteiger charge is 2.21. The molecule has 3 heterocycles. The second-order valence-electron chi connectivity index (χ2n) is 12.1. The highest BCUT2D eigenvalue weighted by molar-refractivity contribution is 7.26. The van der Waals surface area contributed by atoms with Crippen molar-refractivity contribution in [2.24, 2.45) is 0 Å². The molecule has 0 saturated heterocycles. The zero-order valence-electron chi connectivity index (χ0n) is 31.5. The molecule has 0 spiro atoms. The van der Waals surface area contributed by atoms with Gasteiger partial charge in [-0.2, -0.15) is 0 Å². The first-order valence-corrected chi connectivity index (χ1v) is 17.1. The number of benzene rings is 7. The lowest BCUT2D eigenvalue weighted by Gasteiger charge is -2.13. The zero-order valence-corrected chi connectivity index (χ0v) is 27.3. The molecule has 3 aromatic heterocycles. The lowest BCUT2D eigenvalue weighted by molar-refractivity contribution is 1.07. The highest BCUT2D eigenvalue weighted by atomic mass is 32.1. The van der Waals surface area contributed by atoms with Crippen LogP contribution in [-0.4, -0.2) is 19.5 Å². The van der Waals surface area contributed by atoms with Gasteiger partial charge >= 0.3 is 0 Å². The first kappa shape index (κ1) is 23.8. The molecular weight excluding hydrogens is 629 g/mol. The van der Waals surface area contributed by atoms with Crippen LogP contribution in [0.1, 0.15) is 6.85 Å². The maximum atomic E-state index is 8.84. The van der Waals surface area contributed by atoms with Crippen molar-refractivity contribution in [3.63, 3.8) is 0 Å². The number of hydrogen-bond acceptors (Lipinski definition) is 4. The number of fused-ring (bicyclic) bond motifs is 6. The SMILES string of the molecule is [2H]c1c([2H])c([2H])c(-c2nc(-c3ccccc3)nc(-c3cc(-n4c5ccccc5c5ccccc54)cc4c3sc3c(-c5ccccc5)cccc34)n2)c([2H])c1[2H]. The van der Waals surface area contributed by atoms with Gasteiger partial charge in [0.2, 0.25) is 0 Å². The summed E-state index contributed by atoms with van der Waals surface area (Å²) in [5.74, 6) is 0.660. The van der Waals surface area contributed by atoms with Gasteiger partial charge in [0, 0.05) is 53.3 Å². The van der Waals surface area contributed by atoms with Crippen molar-refractivity contribution in [1.29, 1.82) is 0 Å². The minimum atomic E-state index is -0.476. The van der Waals surface area contributed by atoms with E-state index in [1.807, 2.05) is 60.7 Å². The fraction of sp³-hybridized carbons (Fsp3) is 0. The van der Waals surface area contributed by atoms with E-state index in [1.54, 1.807) is 11.3 Å². The van der Waals surface area contributed by atoms with Crippen molar-refractivity contribution in [2.75, 3.05) is 0 Å². The fourth-order valence-electron chi connectivity index (χ4n) is 6.91. The molecule has 0 N–H and O–H groups in total. The monoisotopic (exact) mass is 661 g/mol. The van der Waals surface area contributed by atoms with Crippen LogP contribution in [0.25, 0.3) is 93.0 Å². The van der Waals surface area contributed by atoms with Gasteiger partial charge in [0.05, 0.1) is 17.9 Å². The fourth-order valence-corrected chi connectivity index (χ4v) is 8.24. The number of thiophene rings is 1. The Balaban J connectivity index is 1.34. The molecule has 0 aliphatic rings. The molecule has 0 amide bonds. The van der Waals surface area contributed by atoms with E-state index in [4.69, 9.17) is 21.8 Å². The summed E-state index contributed by atoms with van der Waals surface area (Å²) >= 11 is 1.67. The summed E-state index contributed by atoms with van der Waals surface area (Å²) in [6, 6.07) is 45.2. The van der Waals surface area contributed by atoms with Crippen molar-refractivity contribution >= 4 is 53.3 Å². The number of rotatable bonds is 5. The van der Waals surface area contributed by atoms with Gasteiger partial charge in [-0.25, -0.2) is 15.0 Å². The van der Waals surface area contributed by atoms with Gasteiger partial charge < -0.3 is 4.57 Å². The molecule has 234 valence electrons. The Morgan fingerprint density at radius 2 is 1.00 bits per heavy atom. The number of para-hydroxylation sites is 2. The molecule has 4 nitrogen and oxygen atoms in total. The summed E-state index contributed by atoms with van der Waals surface area (Å²) in [6.07, 6.45) is 0. The van der Waals surface area contributed by atoms with Crippen molar-refractivity contribution in [1.82, 2.24) is 19.5 Å². The third-order valence-electron chi connectivity index (χ3n) is 9.14. The first-order valence-electron chi connectivity index (χ1n) is 18.8. The molecule has 7 aromatic carbocycles. The smallest absolute Gasteiger partial charge is 0.165 e. The Labute approximate surface area is 299 Å². The summed E-state index contributed by atoms with van der Waals surface area (Å²) in [4.78, 5) is 14.9. The lowest BCUT2D eigenvalue weighted by atomic mass is 10.0. The Bertz CT molecular complexity index is 3080. The summed E-state index contributed by atoms with van der Waals surface area (Å²) in [5.41, 5.74) is 6.61. The van der Waals surface area contributed by atoms with Gasteiger partial charge in [-0.05, 0) is 35.4 Å². The van der Waals surface area contributed by atoms with Gasteiger partial charge in [-0.15, -0.1) is 11.3 Å². The second kappa shape index (κ2) is 11.6. The molecule has 5 heteroatoms. The third kappa shape index (κ3) is 4.63. The Morgan fingerprint density at radius 3 is 1.70 bits per heavy atom. The van der Waals surface area contributed by atoms with Crippen LogP contribution < -0.4 is 0 Å². The summed E-state index contributed by atoms with van der Waals surface area (Å²) in [5, 5.41) is 4.39. The topological polar surface area (TPSA) is 43.6 Å². The average molecular weight is 662 g/mol. The van der Waals surface area contributed by atoms with Gasteiger partial charge in [0.15, 0.2) is 17.5 Å². The lowest BCUT2D eigenvalue weighted by Crippen LogP contribution is -2.01. The molecule has 10 rings (SSSR count). The Hall–Kier alpha value is -6.43. The van der Waals surface area contributed by atoms with Crippen LogP contribution in [0, 0.1) is 0 Å².